The highest BCUT2D eigenvalue weighted by Gasteiger charge is 2.07. The van der Waals surface area contributed by atoms with Crippen molar-refractivity contribution < 1.29 is 4.79 Å². The molecular formula is C16H17BN4O. The lowest BCUT2D eigenvalue weighted by molar-refractivity contribution is -0.116. The summed E-state index contributed by atoms with van der Waals surface area (Å²) < 4.78 is 1.39. The van der Waals surface area contributed by atoms with Gasteiger partial charge in [0.15, 0.2) is 5.82 Å². The highest BCUT2D eigenvalue weighted by atomic mass is 16.1. The molecular weight excluding hydrogens is 275 g/mol. The first kappa shape index (κ1) is 15.8. The van der Waals surface area contributed by atoms with Crippen LogP contribution in [0.25, 0.3) is 11.2 Å². The van der Waals surface area contributed by atoms with Gasteiger partial charge in [0.2, 0.25) is 13.9 Å². The lowest BCUT2D eigenvalue weighted by Gasteiger charge is -2.05. The molecule has 1 N–H and O–H groups in total. The van der Waals surface area contributed by atoms with Gasteiger partial charge in [-0.1, -0.05) is 30.9 Å². The summed E-state index contributed by atoms with van der Waals surface area (Å²) in [5, 5.41) is 2.74. The molecule has 110 valence electrons. The summed E-state index contributed by atoms with van der Waals surface area (Å²) in [4.78, 5) is 20.4. The van der Waals surface area contributed by atoms with Crippen molar-refractivity contribution >= 4 is 30.9 Å². The van der Waals surface area contributed by atoms with Gasteiger partial charge in [0.1, 0.15) is 11.2 Å². The molecule has 0 aliphatic rings. The van der Waals surface area contributed by atoms with Crippen LogP contribution in [0.4, 0.5) is 5.82 Å². The summed E-state index contributed by atoms with van der Waals surface area (Å²) in [6.07, 6.45) is 11.7. The van der Waals surface area contributed by atoms with E-state index in [1.807, 2.05) is 25.2 Å². The molecule has 0 bridgehead atoms. The predicted octanol–water partition coefficient (Wildman–Crippen LogP) is 2.77. The first-order chi connectivity index (χ1) is 10.6. The molecule has 0 fully saturated rings. The summed E-state index contributed by atoms with van der Waals surface area (Å²) in [6.45, 7) is 5.60. The van der Waals surface area contributed by atoms with Crippen LogP contribution in [0.2, 0.25) is 0 Å². The van der Waals surface area contributed by atoms with Crippen molar-refractivity contribution in [1.82, 2.24) is 14.4 Å². The minimum atomic E-state index is -0.111. The molecule has 2 heterocycles. The van der Waals surface area contributed by atoms with Crippen LogP contribution in [0, 0.1) is 0 Å². The van der Waals surface area contributed by atoms with Crippen molar-refractivity contribution in [2.45, 2.75) is 19.8 Å². The zero-order chi connectivity index (χ0) is 15.9. The van der Waals surface area contributed by atoms with Crippen molar-refractivity contribution in [3.05, 3.63) is 54.9 Å². The number of anilines is 1. The van der Waals surface area contributed by atoms with Gasteiger partial charge in [-0.15, -0.1) is 0 Å². The van der Waals surface area contributed by atoms with E-state index in [0.717, 1.165) is 5.57 Å². The quantitative estimate of drug-likeness (QED) is 0.658. The van der Waals surface area contributed by atoms with E-state index < -0.39 is 0 Å². The van der Waals surface area contributed by atoms with E-state index in [2.05, 4.69) is 21.9 Å². The molecule has 0 spiro atoms. The van der Waals surface area contributed by atoms with Gasteiger partial charge in [0, 0.05) is 6.42 Å². The van der Waals surface area contributed by atoms with E-state index in [1.165, 1.54) is 10.7 Å². The van der Waals surface area contributed by atoms with E-state index in [0.29, 0.717) is 29.8 Å². The third kappa shape index (κ3) is 3.94. The molecule has 2 aromatic heterocycles. The first-order valence-corrected chi connectivity index (χ1v) is 6.97. The fourth-order valence-corrected chi connectivity index (χ4v) is 2.04. The number of allylic oxidation sites excluding steroid dienone is 5. The number of rotatable bonds is 6. The van der Waals surface area contributed by atoms with Crippen LogP contribution in [0.5, 0.6) is 0 Å². The number of amides is 1. The molecule has 5 nitrogen and oxygen atoms in total. The maximum Gasteiger partial charge on any atom is 0.236 e. The average molecular weight is 292 g/mol. The molecule has 6 heteroatoms. The Morgan fingerprint density at radius 3 is 3.05 bits per heavy atom. The molecule has 2 rings (SSSR count). The van der Waals surface area contributed by atoms with Gasteiger partial charge in [0.05, 0.1) is 6.20 Å². The molecule has 22 heavy (non-hydrogen) atoms. The summed E-state index contributed by atoms with van der Waals surface area (Å²) in [5.74, 6) is 0.310. The Bertz CT molecular complexity index is 746. The topological polar surface area (TPSA) is 59.8 Å². The maximum atomic E-state index is 12.0. The second-order valence-corrected chi connectivity index (χ2v) is 4.71. The second-order valence-electron chi connectivity index (χ2n) is 4.71. The van der Waals surface area contributed by atoms with Crippen molar-refractivity contribution in [2.24, 2.45) is 0 Å². The summed E-state index contributed by atoms with van der Waals surface area (Å²) in [7, 11) is 5.67. The normalized spacial score (nSPS) is 12.0. The predicted molar refractivity (Wildman–Crippen MR) is 89.6 cm³/mol. The Morgan fingerprint density at radius 2 is 2.32 bits per heavy atom. The number of nitrogens with zero attached hydrogens (tertiary/aromatic N) is 3. The molecule has 0 unspecified atom stereocenters. The number of carbonyl (C=O) groups excluding carboxylic acids is 1. The molecule has 0 saturated heterocycles. The number of carbonyl (C=O) groups is 1. The monoisotopic (exact) mass is 292 g/mol. The Labute approximate surface area is 130 Å². The van der Waals surface area contributed by atoms with Gasteiger partial charge < -0.3 is 9.79 Å². The van der Waals surface area contributed by atoms with Gasteiger partial charge in [-0.2, -0.15) is 0 Å². The van der Waals surface area contributed by atoms with Crippen LogP contribution in [0.15, 0.2) is 54.9 Å². The van der Waals surface area contributed by atoms with E-state index in [9.17, 15) is 4.79 Å². The van der Waals surface area contributed by atoms with Crippen molar-refractivity contribution in [1.29, 1.82) is 0 Å². The maximum absolute atomic E-state index is 12.0. The number of fused-ring (bicyclic) bond motifs is 1. The Morgan fingerprint density at radius 1 is 1.50 bits per heavy atom. The van der Waals surface area contributed by atoms with Crippen molar-refractivity contribution in [2.75, 3.05) is 5.32 Å². The van der Waals surface area contributed by atoms with Gasteiger partial charge in [-0.25, -0.2) is 9.97 Å². The van der Waals surface area contributed by atoms with Crippen LogP contribution < -0.4 is 5.32 Å². The number of hydrogen-bond acceptors (Lipinski definition) is 3. The molecule has 0 aromatic carbocycles. The SMILES string of the molecule is [B]n1ccc2nc(NC(=O)CCC(/C=C\C)=C/C=C)cnc21. The second kappa shape index (κ2) is 7.40. The van der Waals surface area contributed by atoms with E-state index in [4.69, 9.17) is 7.98 Å². The molecule has 0 aliphatic carbocycles. The minimum Gasteiger partial charge on any atom is -0.387 e. The number of aromatic nitrogens is 3. The summed E-state index contributed by atoms with van der Waals surface area (Å²) in [6, 6.07) is 1.74. The highest BCUT2D eigenvalue weighted by molar-refractivity contribution is 6.10. The lowest BCUT2D eigenvalue weighted by atomic mass is 10.1. The minimum absolute atomic E-state index is 0.111. The van der Waals surface area contributed by atoms with Crippen LogP contribution in [-0.4, -0.2) is 28.3 Å². The van der Waals surface area contributed by atoms with E-state index in [1.54, 1.807) is 18.3 Å². The third-order valence-corrected chi connectivity index (χ3v) is 3.04. The van der Waals surface area contributed by atoms with Gasteiger partial charge in [-0.05, 0) is 31.2 Å². The number of hydrogen-bond donors (Lipinski definition) is 1. The number of nitrogens with one attached hydrogen (secondary N) is 1. The fourth-order valence-electron chi connectivity index (χ4n) is 2.04. The van der Waals surface area contributed by atoms with Crippen LogP contribution in [0.3, 0.4) is 0 Å². The van der Waals surface area contributed by atoms with Crippen LogP contribution >= 0.6 is 0 Å². The summed E-state index contributed by atoms with van der Waals surface area (Å²) in [5.41, 5.74) is 2.26. The lowest BCUT2D eigenvalue weighted by Crippen LogP contribution is -2.12. The van der Waals surface area contributed by atoms with Gasteiger partial charge in [-0.3, -0.25) is 4.79 Å². The van der Waals surface area contributed by atoms with Crippen LogP contribution in [0.1, 0.15) is 19.8 Å². The van der Waals surface area contributed by atoms with E-state index >= 15 is 0 Å². The Balaban J connectivity index is 1.98. The zero-order valence-corrected chi connectivity index (χ0v) is 12.5. The molecule has 1 amide bonds. The summed E-state index contributed by atoms with van der Waals surface area (Å²) >= 11 is 0. The van der Waals surface area contributed by atoms with Crippen molar-refractivity contribution in [3.63, 3.8) is 0 Å². The molecule has 0 aliphatic heterocycles. The molecule has 2 aromatic rings. The first-order valence-electron chi connectivity index (χ1n) is 6.97. The average Bonchev–Trinajstić information content (AvgIpc) is 2.86. The largest absolute Gasteiger partial charge is 0.387 e. The van der Waals surface area contributed by atoms with E-state index in [-0.39, 0.29) is 5.91 Å². The van der Waals surface area contributed by atoms with Crippen LogP contribution in [-0.2, 0) is 4.79 Å². The molecule has 0 atom stereocenters. The zero-order valence-electron chi connectivity index (χ0n) is 12.5. The molecule has 2 radical (unpaired) electrons. The Hall–Kier alpha value is -2.63. The molecule has 0 saturated carbocycles. The standard InChI is InChI=1S/C16H17BN4O/c1-3-5-12(6-4-2)7-8-15(22)20-14-11-18-16-13(19-14)9-10-21(16)17/h3-6,9-11H,1,7-8H2,2H3,(H,19,20,22)/b6-4-,12-5+. The Kier molecular flexibility index (Phi) is 5.30. The van der Waals surface area contributed by atoms with Gasteiger partial charge in [0.25, 0.3) is 0 Å². The highest BCUT2D eigenvalue weighted by Crippen LogP contribution is 2.13. The van der Waals surface area contributed by atoms with Crippen molar-refractivity contribution in [3.8, 4) is 0 Å². The smallest absolute Gasteiger partial charge is 0.236 e. The van der Waals surface area contributed by atoms with Gasteiger partial charge >= 0.3 is 0 Å². The fraction of sp³-hybridized carbons (Fsp3) is 0.188. The third-order valence-electron chi connectivity index (χ3n) is 3.04.